The highest BCUT2D eigenvalue weighted by molar-refractivity contribution is 7.88. The van der Waals surface area contributed by atoms with Crippen molar-refractivity contribution in [1.82, 2.24) is 4.90 Å². The van der Waals surface area contributed by atoms with Crippen molar-refractivity contribution >= 4 is 16.4 Å². The normalized spacial score (nSPS) is 18.6. The summed E-state index contributed by atoms with van der Waals surface area (Å²) in [5.74, 6) is 0. The maximum atomic E-state index is 11.9. The first-order chi connectivity index (χ1) is 8.09. The Labute approximate surface area is 106 Å². The van der Waals surface area contributed by atoms with Crippen molar-refractivity contribution in [2.75, 3.05) is 13.6 Å². The van der Waals surface area contributed by atoms with Crippen LogP contribution in [-0.4, -0.2) is 28.7 Å². The first-order valence-electron chi connectivity index (χ1n) is 6.00. The third-order valence-corrected chi connectivity index (χ3v) is 4.60. The molecule has 1 aromatic carbocycles. The van der Waals surface area contributed by atoms with Crippen LogP contribution in [0.15, 0.2) is 34.6 Å². The Bertz CT molecular complexity index is 465. The van der Waals surface area contributed by atoms with E-state index in [0.717, 1.165) is 17.9 Å². The number of hydrogen-bond acceptors (Lipinski definition) is 2. The van der Waals surface area contributed by atoms with Crippen LogP contribution in [0.4, 0.5) is 0 Å². The minimum atomic E-state index is -0.934. The highest BCUT2D eigenvalue weighted by Gasteiger charge is 2.19. The molecule has 1 aromatic rings. The second kappa shape index (κ2) is 5.15. The maximum absolute atomic E-state index is 11.9. The average molecular weight is 249 g/mol. The van der Waals surface area contributed by atoms with Gasteiger partial charge in [-0.25, -0.2) is 4.21 Å². The molecule has 0 radical (unpaired) electrons. The third-order valence-electron chi connectivity index (χ3n) is 3.31. The van der Waals surface area contributed by atoms with Gasteiger partial charge < -0.3 is 4.90 Å². The molecule has 1 heterocycles. The summed E-state index contributed by atoms with van der Waals surface area (Å²) >= 11 is 0. The van der Waals surface area contributed by atoms with Crippen LogP contribution in [0.3, 0.4) is 0 Å². The Morgan fingerprint density at radius 1 is 1.29 bits per heavy atom. The molecule has 2 nitrogen and oxygen atoms in total. The molecule has 0 spiro atoms. The molecule has 1 aliphatic rings. The summed E-state index contributed by atoms with van der Waals surface area (Å²) in [6.45, 7) is 5.39. The van der Waals surface area contributed by atoms with Crippen molar-refractivity contribution < 1.29 is 4.21 Å². The Hall–Kier alpha value is -0.930. The van der Waals surface area contributed by atoms with E-state index in [2.05, 4.69) is 31.9 Å². The van der Waals surface area contributed by atoms with E-state index in [9.17, 15) is 4.21 Å². The summed E-state index contributed by atoms with van der Waals surface area (Å²) in [5.41, 5.74) is 2.40. The zero-order chi connectivity index (χ0) is 12.4. The summed E-state index contributed by atoms with van der Waals surface area (Å²) in [5, 5.41) is 1.90. The Morgan fingerprint density at radius 2 is 2.00 bits per heavy atom. The van der Waals surface area contributed by atoms with E-state index < -0.39 is 10.8 Å². The molecule has 17 heavy (non-hydrogen) atoms. The quantitative estimate of drug-likeness (QED) is 0.818. The number of benzene rings is 1. The highest BCUT2D eigenvalue weighted by atomic mass is 32.2. The molecule has 0 amide bonds. The van der Waals surface area contributed by atoms with Crippen molar-refractivity contribution in [3.8, 4) is 0 Å². The highest BCUT2D eigenvalue weighted by Crippen LogP contribution is 2.32. The van der Waals surface area contributed by atoms with Gasteiger partial charge in [-0.15, -0.1) is 0 Å². The van der Waals surface area contributed by atoms with E-state index in [1.165, 1.54) is 11.1 Å². The predicted octanol–water partition coefficient (Wildman–Crippen LogP) is 2.88. The van der Waals surface area contributed by atoms with Gasteiger partial charge in [-0.3, -0.25) is 0 Å². The van der Waals surface area contributed by atoms with Gasteiger partial charge >= 0.3 is 0 Å². The smallest absolute Gasteiger partial charge is 0.0785 e. The van der Waals surface area contributed by atoms with E-state index in [1.807, 2.05) is 23.6 Å². The predicted molar refractivity (Wildman–Crippen MR) is 73.2 cm³/mol. The van der Waals surface area contributed by atoms with Crippen molar-refractivity contribution in [2.24, 2.45) is 0 Å². The van der Waals surface area contributed by atoms with Gasteiger partial charge in [0, 0.05) is 18.0 Å². The molecule has 92 valence electrons. The Morgan fingerprint density at radius 3 is 2.71 bits per heavy atom. The van der Waals surface area contributed by atoms with Gasteiger partial charge in [0.25, 0.3) is 0 Å². The van der Waals surface area contributed by atoms with Gasteiger partial charge in [0.05, 0.1) is 15.7 Å². The molecule has 1 aliphatic heterocycles. The molecule has 2 rings (SSSR count). The molecule has 0 N–H and O–H groups in total. The fraction of sp³-hybridized carbons (Fsp3) is 0.429. The van der Waals surface area contributed by atoms with Crippen molar-refractivity contribution in [3.63, 3.8) is 0 Å². The Kier molecular flexibility index (Phi) is 3.79. The van der Waals surface area contributed by atoms with E-state index >= 15 is 0 Å². The summed E-state index contributed by atoms with van der Waals surface area (Å²) in [4.78, 5) is 3.28. The number of nitrogens with zero attached hydrogens (tertiary/aromatic N) is 1. The third kappa shape index (κ3) is 2.67. The van der Waals surface area contributed by atoms with Crippen LogP contribution >= 0.6 is 0 Å². The molecule has 0 saturated carbocycles. The lowest BCUT2D eigenvalue weighted by molar-refractivity contribution is 0.281. The van der Waals surface area contributed by atoms with Gasteiger partial charge in [0.1, 0.15) is 0 Å². The molecular weight excluding hydrogens is 230 g/mol. The summed E-state index contributed by atoms with van der Waals surface area (Å²) in [7, 11) is 1.19. The first-order valence-corrected chi connectivity index (χ1v) is 7.22. The molecule has 1 unspecified atom stereocenters. The molecule has 1 atom stereocenters. The monoisotopic (exact) mass is 249 g/mol. The lowest BCUT2D eigenvalue weighted by atomic mass is 10.0. The van der Waals surface area contributed by atoms with Gasteiger partial charge in [0.2, 0.25) is 0 Å². The minimum absolute atomic E-state index is 0.553. The maximum Gasteiger partial charge on any atom is 0.0785 e. The van der Waals surface area contributed by atoms with E-state index in [4.69, 9.17) is 0 Å². The van der Waals surface area contributed by atoms with Crippen molar-refractivity contribution in [3.05, 3.63) is 35.2 Å². The number of rotatable bonds is 4. The fourth-order valence-electron chi connectivity index (χ4n) is 1.91. The largest absolute Gasteiger partial charge is 0.304 e. The molecular formula is C14H19NOS. The number of hydrogen-bond donors (Lipinski definition) is 0. The summed E-state index contributed by atoms with van der Waals surface area (Å²) in [6.07, 6.45) is 0.970. The lowest BCUT2D eigenvalue weighted by Gasteiger charge is -2.21. The molecule has 0 bridgehead atoms. The van der Waals surface area contributed by atoms with Crippen LogP contribution in [0.1, 0.15) is 25.8 Å². The van der Waals surface area contributed by atoms with Crippen LogP contribution < -0.4 is 0 Å². The lowest BCUT2D eigenvalue weighted by Crippen LogP contribution is -2.27. The standard InChI is InChI=1S/C14H19NOS/c1-11(2)15(3)9-8-12-10-17(16)14-7-5-4-6-13(12)14/h4-7,10-11H,8-9H2,1-3H3. The molecule has 0 saturated heterocycles. The van der Waals surface area contributed by atoms with Crippen molar-refractivity contribution in [1.29, 1.82) is 0 Å². The van der Waals surface area contributed by atoms with Crippen molar-refractivity contribution in [2.45, 2.75) is 31.2 Å². The van der Waals surface area contributed by atoms with E-state index in [-0.39, 0.29) is 0 Å². The van der Waals surface area contributed by atoms with Crippen LogP contribution in [0.25, 0.3) is 5.57 Å². The van der Waals surface area contributed by atoms with E-state index in [0.29, 0.717) is 6.04 Å². The fourth-order valence-corrected chi connectivity index (χ4v) is 3.17. The Balaban J connectivity index is 2.09. The SMILES string of the molecule is CC(C)N(C)CCC1=CS(=O)c2ccccc21. The molecule has 0 aliphatic carbocycles. The van der Waals surface area contributed by atoms with E-state index in [1.54, 1.807) is 0 Å². The zero-order valence-corrected chi connectivity index (χ0v) is 11.5. The van der Waals surface area contributed by atoms with Gasteiger partial charge in [-0.05, 0) is 44.5 Å². The van der Waals surface area contributed by atoms with Crippen LogP contribution in [0.5, 0.6) is 0 Å². The second-order valence-electron chi connectivity index (χ2n) is 4.76. The van der Waals surface area contributed by atoms with Crippen LogP contribution in [0, 0.1) is 0 Å². The number of fused-ring (bicyclic) bond motifs is 1. The molecule has 0 fully saturated rings. The summed E-state index contributed by atoms with van der Waals surface area (Å²) < 4.78 is 11.9. The minimum Gasteiger partial charge on any atom is -0.304 e. The molecule has 0 aromatic heterocycles. The first kappa shape index (κ1) is 12.5. The van der Waals surface area contributed by atoms with Crippen LogP contribution in [0.2, 0.25) is 0 Å². The van der Waals surface area contributed by atoms with Gasteiger partial charge in [0.15, 0.2) is 0 Å². The molecule has 3 heteroatoms. The van der Waals surface area contributed by atoms with Crippen LogP contribution in [-0.2, 0) is 10.8 Å². The zero-order valence-electron chi connectivity index (χ0n) is 10.6. The van der Waals surface area contributed by atoms with Gasteiger partial charge in [-0.1, -0.05) is 18.2 Å². The second-order valence-corrected chi connectivity index (χ2v) is 6.03. The average Bonchev–Trinajstić information content (AvgIpc) is 2.64. The van der Waals surface area contributed by atoms with Gasteiger partial charge in [-0.2, -0.15) is 0 Å². The summed E-state index contributed by atoms with van der Waals surface area (Å²) in [6, 6.07) is 8.55. The topological polar surface area (TPSA) is 20.3 Å².